The first-order chi connectivity index (χ1) is 4.23. The molecule has 0 unspecified atom stereocenters. The van der Waals surface area contributed by atoms with E-state index < -0.39 is 5.17 Å². The molecule has 0 atom stereocenters. The summed E-state index contributed by atoms with van der Waals surface area (Å²) in [5.74, 6) is 0. The largest absolute Gasteiger partial charge is 0.487 e. The van der Waals surface area contributed by atoms with Crippen LogP contribution in [0.25, 0.3) is 0 Å². The molecule has 4 heteroatoms. The molecule has 3 N–H and O–H groups in total. The zero-order valence-corrected chi connectivity index (χ0v) is 5.47. The summed E-state index contributed by atoms with van der Waals surface area (Å²) in [6.45, 7) is 0. The third-order valence-electron chi connectivity index (χ3n) is 0.425. The van der Waals surface area contributed by atoms with Crippen LogP contribution in [0.3, 0.4) is 0 Å². The second kappa shape index (κ2) is 5.11. The van der Waals surface area contributed by atoms with E-state index >= 15 is 0 Å². The van der Waals surface area contributed by atoms with Crippen molar-refractivity contribution in [3.8, 4) is 0 Å². The molecule has 0 radical (unpaired) electrons. The zero-order valence-electron chi connectivity index (χ0n) is 4.65. The molecule has 1 aromatic rings. The number of thiocarbonyl (C=S) groups is 1. The van der Waals surface area contributed by atoms with Gasteiger partial charge in [-0.3, -0.25) is 0 Å². The molecule has 0 spiro atoms. The standard InChI is InChI=1S/C4H4O.CH3NOS/c1-2-4-5-3-1;2-1(3)4/h1-4H;(H3,2,3,4). The van der Waals surface area contributed by atoms with Crippen LogP contribution in [0.1, 0.15) is 0 Å². The number of hydrogen-bond donors (Lipinski definition) is 2. The maximum atomic E-state index is 7.56. The molecule has 0 aliphatic carbocycles. The predicted octanol–water partition coefficient (Wildman–Crippen LogP) is 1.07. The van der Waals surface area contributed by atoms with Crippen LogP contribution >= 0.6 is 12.2 Å². The third-order valence-corrected chi connectivity index (χ3v) is 0.425. The van der Waals surface area contributed by atoms with Gasteiger partial charge in [0.2, 0.25) is 0 Å². The Morgan fingerprint density at radius 2 is 1.78 bits per heavy atom. The topological polar surface area (TPSA) is 59.4 Å². The van der Waals surface area contributed by atoms with Crippen LogP contribution in [0.4, 0.5) is 0 Å². The minimum absolute atomic E-state index is 0.500. The van der Waals surface area contributed by atoms with Crippen molar-refractivity contribution in [1.29, 1.82) is 0 Å². The minimum atomic E-state index is -0.500. The lowest BCUT2D eigenvalue weighted by molar-refractivity contribution is 0.560. The minimum Gasteiger partial charge on any atom is -0.487 e. The first-order valence-corrected chi connectivity index (χ1v) is 2.60. The molecule has 0 saturated carbocycles. The van der Waals surface area contributed by atoms with Crippen LogP contribution in [0, 0.1) is 0 Å². The first kappa shape index (κ1) is 7.97. The molecule has 1 rings (SSSR count). The number of rotatable bonds is 0. The Balaban J connectivity index is 0.000000148. The van der Waals surface area contributed by atoms with Gasteiger partial charge in [-0.05, 0) is 24.4 Å². The van der Waals surface area contributed by atoms with Crippen LogP contribution in [0.15, 0.2) is 29.1 Å². The SMILES string of the molecule is NC(O)=S.c1ccoc1. The quantitative estimate of drug-likeness (QED) is 0.536. The molecule has 1 heterocycles. The molecular weight excluding hydrogens is 138 g/mol. The Kier molecular flexibility index (Phi) is 4.53. The predicted molar refractivity (Wildman–Crippen MR) is 38.1 cm³/mol. The van der Waals surface area contributed by atoms with Crippen LogP contribution in [0.5, 0.6) is 0 Å². The van der Waals surface area contributed by atoms with Gasteiger partial charge < -0.3 is 15.3 Å². The van der Waals surface area contributed by atoms with E-state index in [1.54, 1.807) is 12.5 Å². The molecule has 1 aromatic heterocycles. The van der Waals surface area contributed by atoms with E-state index in [-0.39, 0.29) is 0 Å². The summed E-state index contributed by atoms with van der Waals surface area (Å²) >= 11 is 3.87. The normalized spacial score (nSPS) is 7.11. The molecule has 50 valence electrons. The summed E-state index contributed by atoms with van der Waals surface area (Å²) in [6, 6.07) is 3.67. The van der Waals surface area contributed by atoms with Gasteiger partial charge in [0.05, 0.1) is 12.5 Å². The van der Waals surface area contributed by atoms with Gasteiger partial charge in [0.1, 0.15) is 0 Å². The van der Waals surface area contributed by atoms with Gasteiger partial charge >= 0.3 is 0 Å². The summed E-state index contributed by atoms with van der Waals surface area (Å²) in [5.41, 5.74) is 4.40. The highest BCUT2D eigenvalue weighted by molar-refractivity contribution is 7.79. The first-order valence-electron chi connectivity index (χ1n) is 2.19. The molecule has 3 nitrogen and oxygen atoms in total. The van der Waals surface area contributed by atoms with Crippen molar-refractivity contribution in [2.75, 3.05) is 0 Å². The highest BCUT2D eigenvalue weighted by Crippen LogP contribution is 1.79. The highest BCUT2D eigenvalue weighted by atomic mass is 32.1. The molecule has 0 amide bonds. The van der Waals surface area contributed by atoms with Gasteiger partial charge in [-0.15, -0.1) is 0 Å². The summed E-state index contributed by atoms with van der Waals surface area (Å²) in [6.07, 6.45) is 3.25. The van der Waals surface area contributed by atoms with Crippen molar-refractivity contribution in [3.05, 3.63) is 24.7 Å². The second-order valence-electron chi connectivity index (χ2n) is 1.13. The molecular formula is C5H7NO2S. The maximum absolute atomic E-state index is 7.56. The number of hydrogen-bond acceptors (Lipinski definition) is 2. The van der Waals surface area contributed by atoms with Crippen molar-refractivity contribution >= 4 is 17.4 Å². The fourth-order valence-electron chi connectivity index (χ4n) is 0.227. The Morgan fingerprint density at radius 1 is 1.44 bits per heavy atom. The summed E-state index contributed by atoms with van der Waals surface area (Å²) < 4.78 is 4.58. The molecule has 9 heavy (non-hydrogen) atoms. The van der Waals surface area contributed by atoms with E-state index in [2.05, 4.69) is 22.4 Å². The molecule has 0 fully saturated rings. The van der Waals surface area contributed by atoms with Crippen LogP contribution < -0.4 is 5.73 Å². The Labute approximate surface area is 58.1 Å². The number of furan rings is 1. The molecule has 0 bridgehead atoms. The average molecular weight is 145 g/mol. The van der Waals surface area contributed by atoms with Crippen molar-refractivity contribution in [2.45, 2.75) is 0 Å². The Bertz CT molecular complexity index is 129. The summed E-state index contributed by atoms with van der Waals surface area (Å²) in [4.78, 5) is 0. The Hall–Kier alpha value is -1.03. The van der Waals surface area contributed by atoms with Gasteiger partial charge in [-0.2, -0.15) is 0 Å². The van der Waals surface area contributed by atoms with E-state index in [1.807, 2.05) is 12.1 Å². The fourth-order valence-corrected chi connectivity index (χ4v) is 0.227. The van der Waals surface area contributed by atoms with Gasteiger partial charge in [0, 0.05) is 0 Å². The van der Waals surface area contributed by atoms with Crippen molar-refractivity contribution in [3.63, 3.8) is 0 Å². The van der Waals surface area contributed by atoms with Crippen molar-refractivity contribution < 1.29 is 9.52 Å². The van der Waals surface area contributed by atoms with E-state index in [0.29, 0.717) is 0 Å². The van der Waals surface area contributed by atoms with E-state index in [0.717, 1.165) is 0 Å². The van der Waals surface area contributed by atoms with E-state index in [1.165, 1.54) is 0 Å². The lowest BCUT2D eigenvalue weighted by Gasteiger charge is -1.67. The molecule has 0 aliphatic rings. The molecule has 0 saturated heterocycles. The van der Waals surface area contributed by atoms with E-state index in [4.69, 9.17) is 5.11 Å². The Morgan fingerprint density at radius 3 is 1.89 bits per heavy atom. The van der Waals surface area contributed by atoms with Gasteiger partial charge in [-0.1, -0.05) is 0 Å². The maximum Gasteiger partial charge on any atom is 0.251 e. The van der Waals surface area contributed by atoms with Gasteiger partial charge in [-0.25, -0.2) is 0 Å². The lowest BCUT2D eigenvalue weighted by atomic mass is 10.7. The summed E-state index contributed by atoms with van der Waals surface area (Å²) in [7, 11) is 0. The fraction of sp³-hybridized carbons (Fsp3) is 0. The van der Waals surface area contributed by atoms with Crippen molar-refractivity contribution in [2.24, 2.45) is 5.73 Å². The lowest BCUT2D eigenvalue weighted by Crippen LogP contribution is -2.03. The van der Waals surface area contributed by atoms with Crippen LogP contribution in [-0.2, 0) is 0 Å². The number of aliphatic hydroxyl groups excluding tert-OH is 1. The van der Waals surface area contributed by atoms with Crippen molar-refractivity contribution in [1.82, 2.24) is 0 Å². The van der Waals surface area contributed by atoms with E-state index in [9.17, 15) is 0 Å². The monoisotopic (exact) mass is 145 g/mol. The van der Waals surface area contributed by atoms with Crippen LogP contribution in [0.2, 0.25) is 0 Å². The zero-order chi connectivity index (χ0) is 7.11. The average Bonchev–Trinajstić information content (AvgIpc) is 2.11. The summed E-state index contributed by atoms with van der Waals surface area (Å²) in [5, 5.41) is 7.06. The molecule has 0 aromatic carbocycles. The molecule has 0 aliphatic heterocycles. The van der Waals surface area contributed by atoms with Gasteiger partial charge in [0.25, 0.3) is 5.17 Å². The third kappa shape index (κ3) is 10.9. The second-order valence-corrected chi connectivity index (χ2v) is 1.55. The highest BCUT2D eigenvalue weighted by Gasteiger charge is 1.59. The van der Waals surface area contributed by atoms with Gasteiger partial charge in [0.15, 0.2) is 0 Å². The number of aliphatic hydroxyl groups is 1. The number of nitrogens with two attached hydrogens (primary N) is 1. The smallest absolute Gasteiger partial charge is 0.251 e. The van der Waals surface area contributed by atoms with Crippen LogP contribution in [-0.4, -0.2) is 10.3 Å².